The number of aromatic amines is 1. The van der Waals surface area contributed by atoms with E-state index in [1.165, 1.54) is 10.5 Å². The van der Waals surface area contributed by atoms with Crippen LogP contribution < -0.4 is 10.2 Å². The van der Waals surface area contributed by atoms with Gasteiger partial charge in [0.2, 0.25) is 11.8 Å². The summed E-state index contributed by atoms with van der Waals surface area (Å²) in [5.74, 6) is 0.511. The van der Waals surface area contributed by atoms with E-state index in [2.05, 4.69) is 25.7 Å². The van der Waals surface area contributed by atoms with E-state index in [-0.39, 0.29) is 24.8 Å². The summed E-state index contributed by atoms with van der Waals surface area (Å²) in [6.45, 7) is 3.36. The number of hydrogen-bond donors (Lipinski definition) is 2. The van der Waals surface area contributed by atoms with Gasteiger partial charge in [-0.25, -0.2) is 4.79 Å². The van der Waals surface area contributed by atoms with Crippen molar-refractivity contribution in [2.24, 2.45) is 5.16 Å². The van der Waals surface area contributed by atoms with Crippen LogP contribution in [0.1, 0.15) is 53.9 Å². The van der Waals surface area contributed by atoms with E-state index >= 15 is 0 Å². The number of amides is 4. The van der Waals surface area contributed by atoms with Crippen LogP contribution in [0.5, 0.6) is 5.75 Å². The molecule has 3 aliphatic rings. The van der Waals surface area contributed by atoms with Crippen molar-refractivity contribution in [1.29, 1.82) is 0 Å². The van der Waals surface area contributed by atoms with Crippen LogP contribution in [-0.2, 0) is 21.4 Å². The number of nitrogens with zero attached hydrogens (tertiary/aromatic N) is 5. The molecule has 2 N–H and O–H groups in total. The Morgan fingerprint density at radius 1 is 1.11 bits per heavy atom. The van der Waals surface area contributed by atoms with Crippen molar-refractivity contribution in [2.45, 2.75) is 56.4 Å². The van der Waals surface area contributed by atoms with Crippen molar-refractivity contribution < 1.29 is 19.2 Å². The third kappa shape index (κ3) is 5.54. The monoisotopic (exact) mass is 605 g/mol. The maximum Gasteiger partial charge on any atom is 0.324 e. The van der Waals surface area contributed by atoms with Gasteiger partial charge in [0.25, 0.3) is 0 Å². The maximum absolute atomic E-state index is 14.1. The number of carbonyl (C=O) groups is 3. The highest BCUT2D eigenvalue weighted by Gasteiger charge is 2.45. The number of fused-ring (bicyclic) bond motifs is 3. The van der Waals surface area contributed by atoms with Gasteiger partial charge in [0.1, 0.15) is 6.04 Å². The quantitative estimate of drug-likeness (QED) is 0.350. The van der Waals surface area contributed by atoms with Crippen LogP contribution in [-0.4, -0.2) is 74.7 Å². The van der Waals surface area contributed by atoms with Crippen molar-refractivity contribution in [3.63, 3.8) is 0 Å². The number of oxime groups is 1. The molecular formula is C34H35N7O4. The number of pyridine rings is 1. The SMILES string of the molecule is Cc1cc(CC(NC(=O)N2CCC3(C=NOc4ccccc43)CC2=O)C(=O)N2CCC(c3ccncc3)CC2)cc2cn[nH]c12. The van der Waals surface area contributed by atoms with E-state index in [1.54, 1.807) is 24.8 Å². The number of benzene rings is 2. The number of urea groups is 1. The molecule has 11 heteroatoms. The zero-order chi connectivity index (χ0) is 31.0. The summed E-state index contributed by atoms with van der Waals surface area (Å²) < 4.78 is 0. The number of aryl methyl sites for hydroxylation is 1. The molecule has 2 fully saturated rings. The van der Waals surface area contributed by atoms with E-state index in [1.807, 2.05) is 60.4 Å². The Hall–Kier alpha value is -5.06. The van der Waals surface area contributed by atoms with Crippen LogP contribution >= 0.6 is 0 Å². The van der Waals surface area contributed by atoms with Gasteiger partial charge in [-0.2, -0.15) is 5.10 Å². The van der Waals surface area contributed by atoms with Crippen LogP contribution in [0.15, 0.2) is 72.3 Å². The molecular weight excluding hydrogens is 570 g/mol. The number of aromatic nitrogens is 3. The summed E-state index contributed by atoms with van der Waals surface area (Å²) in [6, 6.07) is 14.2. The first-order valence-corrected chi connectivity index (χ1v) is 15.4. The van der Waals surface area contributed by atoms with Gasteiger partial charge in [0.15, 0.2) is 5.75 Å². The highest BCUT2D eigenvalue weighted by Crippen LogP contribution is 2.41. The topological polar surface area (TPSA) is 133 Å². The van der Waals surface area contributed by atoms with E-state index in [4.69, 9.17) is 4.84 Å². The molecule has 2 aromatic carbocycles. The fourth-order valence-electron chi connectivity index (χ4n) is 7.04. The molecule has 3 aliphatic heterocycles. The Balaban J connectivity index is 1.09. The van der Waals surface area contributed by atoms with Gasteiger partial charge in [0, 0.05) is 61.2 Å². The number of likely N-dealkylation sites (tertiary alicyclic amines) is 2. The molecule has 0 saturated carbocycles. The van der Waals surface area contributed by atoms with Gasteiger partial charge < -0.3 is 15.1 Å². The minimum atomic E-state index is -0.840. The molecule has 2 saturated heterocycles. The maximum atomic E-state index is 14.1. The molecule has 0 aliphatic carbocycles. The molecule has 45 heavy (non-hydrogen) atoms. The van der Waals surface area contributed by atoms with Gasteiger partial charge in [-0.3, -0.25) is 24.6 Å². The fraction of sp³-hybridized carbons (Fsp3) is 0.353. The highest BCUT2D eigenvalue weighted by atomic mass is 16.6. The van der Waals surface area contributed by atoms with Crippen molar-refractivity contribution in [3.8, 4) is 5.75 Å². The Labute approximate surface area is 260 Å². The molecule has 4 amide bonds. The van der Waals surface area contributed by atoms with Crippen molar-refractivity contribution in [1.82, 2.24) is 30.3 Å². The smallest absolute Gasteiger partial charge is 0.324 e. The number of rotatable bonds is 5. The lowest BCUT2D eigenvalue weighted by Gasteiger charge is -2.40. The lowest BCUT2D eigenvalue weighted by molar-refractivity contribution is -0.135. The minimum absolute atomic E-state index is 0.0851. The van der Waals surface area contributed by atoms with Crippen molar-refractivity contribution in [3.05, 3.63) is 89.4 Å². The molecule has 2 unspecified atom stereocenters. The standard InChI is InChI=1S/C34H35N7O4/c1-22-16-23(17-26-20-36-39-31(22)26)18-28(32(43)40-13-8-25(9-14-40)24-6-11-35-12-7-24)38-33(44)41-15-10-34(19-30(41)42)21-37-45-29-5-3-2-4-27(29)34/h2-7,11-12,16-17,20-21,25,28H,8-10,13-15,18-19H2,1H3,(H,36,39)(H,38,44). The van der Waals surface area contributed by atoms with Crippen LogP contribution in [0.3, 0.4) is 0 Å². The number of hydrogen-bond acceptors (Lipinski definition) is 7. The van der Waals surface area contributed by atoms with Crippen LogP contribution in [0.25, 0.3) is 10.9 Å². The summed E-state index contributed by atoms with van der Waals surface area (Å²) in [5.41, 5.74) is 4.34. The third-order valence-electron chi connectivity index (χ3n) is 9.49. The molecule has 0 radical (unpaired) electrons. The van der Waals surface area contributed by atoms with Crippen LogP contribution in [0.4, 0.5) is 4.79 Å². The van der Waals surface area contributed by atoms with Gasteiger partial charge in [-0.1, -0.05) is 29.4 Å². The molecule has 5 heterocycles. The lowest BCUT2D eigenvalue weighted by Crippen LogP contribution is -2.58. The second-order valence-electron chi connectivity index (χ2n) is 12.3. The number of H-pyrrole nitrogens is 1. The van der Waals surface area contributed by atoms with Gasteiger partial charge in [-0.15, -0.1) is 0 Å². The van der Waals surface area contributed by atoms with E-state index in [0.717, 1.165) is 40.4 Å². The molecule has 7 rings (SSSR count). The Kier molecular flexibility index (Phi) is 7.52. The summed E-state index contributed by atoms with van der Waals surface area (Å²) >= 11 is 0. The number of para-hydroxylation sites is 1. The minimum Gasteiger partial charge on any atom is -0.357 e. The molecule has 11 nitrogen and oxygen atoms in total. The highest BCUT2D eigenvalue weighted by molar-refractivity contribution is 6.00. The first kappa shape index (κ1) is 28.7. The largest absolute Gasteiger partial charge is 0.357 e. The zero-order valence-corrected chi connectivity index (χ0v) is 25.1. The molecule has 2 aromatic heterocycles. The first-order chi connectivity index (χ1) is 21.9. The molecule has 1 spiro atoms. The number of imide groups is 1. The zero-order valence-electron chi connectivity index (χ0n) is 25.1. The van der Waals surface area contributed by atoms with Gasteiger partial charge in [0.05, 0.1) is 17.9 Å². The first-order valence-electron chi connectivity index (χ1n) is 15.4. The molecule has 4 aromatic rings. The third-order valence-corrected chi connectivity index (χ3v) is 9.49. The fourth-order valence-corrected chi connectivity index (χ4v) is 7.04. The Morgan fingerprint density at radius 3 is 2.71 bits per heavy atom. The number of carbonyl (C=O) groups excluding carboxylic acids is 3. The number of nitrogens with one attached hydrogen (secondary N) is 2. The van der Waals surface area contributed by atoms with Gasteiger partial charge >= 0.3 is 6.03 Å². The average molecular weight is 606 g/mol. The van der Waals surface area contributed by atoms with Crippen LogP contribution in [0.2, 0.25) is 0 Å². The summed E-state index contributed by atoms with van der Waals surface area (Å²) in [5, 5.41) is 15.1. The van der Waals surface area contributed by atoms with E-state index < -0.39 is 17.5 Å². The Bertz CT molecular complexity index is 1780. The van der Waals surface area contributed by atoms with E-state index in [0.29, 0.717) is 37.6 Å². The Morgan fingerprint density at radius 2 is 1.91 bits per heavy atom. The molecule has 0 bridgehead atoms. The summed E-state index contributed by atoms with van der Waals surface area (Å²) in [4.78, 5) is 53.9. The van der Waals surface area contributed by atoms with Gasteiger partial charge in [-0.05, 0) is 73.1 Å². The molecule has 2 atom stereocenters. The molecule has 230 valence electrons. The summed E-state index contributed by atoms with van der Waals surface area (Å²) in [7, 11) is 0. The normalized spacial score (nSPS) is 20.6. The predicted molar refractivity (Wildman–Crippen MR) is 168 cm³/mol. The predicted octanol–water partition coefficient (Wildman–Crippen LogP) is 4.23. The van der Waals surface area contributed by atoms with Crippen molar-refractivity contribution >= 4 is 35.0 Å². The summed E-state index contributed by atoms with van der Waals surface area (Å²) in [6.07, 6.45) is 9.58. The lowest BCUT2D eigenvalue weighted by atomic mass is 9.72. The number of piperidine rings is 2. The van der Waals surface area contributed by atoms with Crippen LogP contribution in [0, 0.1) is 6.92 Å². The second kappa shape index (κ2) is 11.8. The van der Waals surface area contributed by atoms with E-state index in [9.17, 15) is 14.4 Å². The average Bonchev–Trinajstić information content (AvgIpc) is 3.54. The second-order valence-corrected chi connectivity index (χ2v) is 12.3. The van der Waals surface area contributed by atoms with Crippen molar-refractivity contribution in [2.75, 3.05) is 19.6 Å².